The molecule has 2 aromatic rings. The van der Waals surface area contributed by atoms with Crippen molar-refractivity contribution >= 4 is 22.7 Å². The molecule has 1 saturated heterocycles. The lowest BCUT2D eigenvalue weighted by molar-refractivity contribution is 0.623. The summed E-state index contributed by atoms with van der Waals surface area (Å²) in [6.07, 6.45) is 3.59. The fraction of sp³-hybridized carbons (Fsp3) is 0.467. The fourth-order valence-electron chi connectivity index (χ4n) is 3.13. The van der Waals surface area contributed by atoms with Gasteiger partial charge < -0.3 is 10.6 Å². The first-order valence-corrected chi connectivity index (χ1v) is 7.01. The molecule has 1 aromatic carbocycles. The minimum atomic E-state index is 0.364. The highest BCUT2D eigenvalue weighted by Gasteiger charge is 2.31. The lowest BCUT2D eigenvalue weighted by atomic mass is 10.1. The minimum absolute atomic E-state index is 0.364. The van der Waals surface area contributed by atoms with Crippen molar-refractivity contribution in [1.82, 2.24) is 9.97 Å². The number of para-hydroxylation sites is 1. The zero-order chi connectivity index (χ0) is 13.4. The lowest BCUT2D eigenvalue weighted by Gasteiger charge is -2.30. The van der Waals surface area contributed by atoms with Crippen LogP contribution in [-0.4, -0.2) is 22.1 Å². The fourth-order valence-corrected chi connectivity index (χ4v) is 3.13. The molecule has 0 amide bonds. The third kappa shape index (κ3) is 2.01. The van der Waals surface area contributed by atoms with Gasteiger partial charge >= 0.3 is 0 Å². The van der Waals surface area contributed by atoms with Gasteiger partial charge in [-0.15, -0.1) is 0 Å². The Morgan fingerprint density at radius 3 is 2.84 bits per heavy atom. The molecule has 2 unspecified atom stereocenters. The molecule has 2 atom stereocenters. The quantitative estimate of drug-likeness (QED) is 0.897. The number of anilines is 2. The first-order valence-electron chi connectivity index (χ1n) is 7.01. The predicted octanol–water partition coefficient (Wildman–Crippen LogP) is 2.98. The Balaban J connectivity index is 2.18. The van der Waals surface area contributed by atoms with Crippen molar-refractivity contribution < 1.29 is 0 Å². The number of nitrogen functional groups attached to an aromatic ring is 1. The Labute approximate surface area is 113 Å². The Kier molecular flexibility index (Phi) is 3.01. The molecule has 0 radical (unpaired) electrons. The monoisotopic (exact) mass is 256 g/mol. The van der Waals surface area contributed by atoms with Gasteiger partial charge in [-0.1, -0.05) is 19.1 Å². The van der Waals surface area contributed by atoms with Crippen LogP contribution in [-0.2, 0) is 0 Å². The zero-order valence-corrected chi connectivity index (χ0v) is 11.5. The Morgan fingerprint density at radius 2 is 2.05 bits per heavy atom. The second kappa shape index (κ2) is 4.68. The zero-order valence-electron chi connectivity index (χ0n) is 11.5. The van der Waals surface area contributed by atoms with Gasteiger partial charge in [0.2, 0.25) is 5.95 Å². The number of aromatic nitrogens is 2. The van der Waals surface area contributed by atoms with Crippen LogP contribution in [0.1, 0.15) is 33.1 Å². The SMILES string of the molecule is CCC1CCC(C)N1c1nc(N)nc2ccccc12. The Hall–Kier alpha value is -1.84. The molecule has 0 saturated carbocycles. The van der Waals surface area contributed by atoms with Crippen molar-refractivity contribution in [2.75, 3.05) is 10.6 Å². The molecule has 2 heterocycles. The van der Waals surface area contributed by atoms with Gasteiger partial charge in [0.05, 0.1) is 5.52 Å². The third-order valence-corrected chi connectivity index (χ3v) is 4.10. The molecule has 1 aliphatic heterocycles. The average molecular weight is 256 g/mol. The van der Waals surface area contributed by atoms with E-state index in [-0.39, 0.29) is 0 Å². The number of hydrogen-bond donors (Lipinski definition) is 1. The van der Waals surface area contributed by atoms with E-state index < -0.39 is 0 Å². The van der Waals surface area contributed by atoms with E-state index in [0.717, 1.165) is 23.1 Å². The first-order chi connectivity index (χ1) is 9.20. The van der Waals surface area contributed by atoms with E-state index in [2.05, 4.69) is 34.8 Å². The van der Waals surface area contributed by atoms with Crippen molar-refractivity contribution in [2.45, 2.75) is 45.2 Å². The molecular formula is C15H20N4. The summed E-state index contributed by atoms with van der Waals surface area (Å²) in [7, 11) is 0. The summed E-state index contributed by atoms with van der Waals surface area (Å²) in [6.45, 7) is 4.51. The van der Waals surface area contributed by atoms with Crippen molar-refractivity contribution in [3.05, 3.63) is 24.3 Å². The molecule has 3 rings (SSSR count). The number of benzene rings is 1. The van der Waals surface area contributed by atoms with E-state index in [1.807, 2.05) is 18.2 Å². The highest BCUT2D eigenvalue weighted by molar-refractivity contribution is 5.90. The maximum atomic E-state index is 5.88. The van der Waals surface area contributed by atoms with Crippen LogP contribution >= 0.6 is 0 Å². The van der Waals surface area contributed by atoms with Gasteiger partial charge in [0.1, 0.15) is 5.82 Å². The van der Waals surface area contributed by atoms with E-state index in [1.54, 1.807) is 0 Å². The van der Waals surface area contributed by atoms with Gasteiger partial charge in [-0.05, 0) is 38.3 Å². The summed E-state index contributed by atoms with van der Waals surface area (Å²) in [5.41, 5.74) is 6.81. The van der Waals surface area contributed by atoms with Crippen molar-refractivity contribution in [3.8, 4) is 0 Å². The summed E-state index contributed by atoms with van der Waals surface area (Å²) >= 11 is 0. The summed E-state index contributed by atoms with van der Waals surface area (Å²) < 4.78 is 0. The van der Waals surface area contributed by atoms with Gasteiger partial charge in [0, 0.05) is 17.5 Å². The number of rotatable bonds is 2. The molecule has 4 heteroatoms. The molecule has 4 nitrogen and oxygen atoms in total. The lowest BCUT2D eigenvalue weighted by Crippen LogP contribution is -2.35. The van der Waals surface area contributed by atoms with Crippen LogP contribution in [0, 0.1) is 0 Å². The first kappa shape index (κ1) is 12.2. The maximum Gasteiger partial charge on any atom is 0.222 e. The molecule has 19 heavy (non-hydrogen) atoms. The van der Waals surface area contributed by atoms with E-state index >= 15 is 0 Å². The highest BCUT2D eigenvalue weighted by atomic mass is 15.3. The van der Waals surface area contributed by atoms with Gasteiger partial charge in [0.25, 0.3) is 0 Å². The largest absolute Gasteiger partial charge is 0.368 e. The summed E-state index contributed by atoms with van der Waals surface area (Å²) in [4.78, 5) is 11.3. The van der Waals surface area contributed by atoms with E-state index in [4.69, 9.17) is 5.73 Å². The van der Waals surface area contributed by atoms with Crippen LogP contribution in [0.15, 0.2) is 24.3 Å². The van der Waals surface area contributed by atoms with Crippen LogP contribution in [0.2, 0.25) is 0 Å². The summed E-state index contributed by atoms with van der Waals surface area (Å²) in [5, 5.41) is 1.10. The molecular weight excluding hydrogens is 236 g/mol. The molecule has 0 aliphatic carbocycles. The number of nitrogens with two attached hydrogens (primary N) is 1. The topological polar surface area (TPSA) is 55.0 Å². The van der Waals surface area contributed by atoms with E-state index in [1.165, 1.54) is 12.8 Å². The number of hydrogen-bond acceptors (Lipinski definition) is 4. The van der Waals surface area contributed by atoms with Crippen LogP contribution in [0.5, 0.6) is 0 Å². The molecule has 2 N–H and O–H groups in total. The Bertz CT molecular complexity index is 596. The van der Waals surface area contributed by atoms with E-state index in [0.29, 0.717) is 18.0 Å². The molecule has 1 fully saturated rings. The smallest absolute Gasteiger partial charge is 0.222 e. The summed E-state index contributed by atoms with van der Waals surface area (Å²) in [5.74, 6) is 1.36. The van der Waals surface area contributed by atoms with Gasteiger partial charge in [-0.2, -0.15) is 4.98 Å². The predicted molar refractivity (Wildman–Crippen MR) is 79.2 cm³/mol. The molecule has 0 bridgehead atoms. The molecule has 1 aliphatic rings. The van der Waals surface area contributed by atoms with E-state index in [9.17, 15) is 0 Å². The molecule has 100 valence electrons. The Morgan fingerprint density at radius 1 is 1.26 bits per heavy atom. The van der Waals surface area contributed by atoms with Crippen LogP contribution in [0.4, 0.5) is 11.8 Å². The highest BCUT2D eigenvalue weighted by Crippen LogP contribution is 2.34. The number of fused-ring (bicyclic) bond motifs is 1. The summed E-state index contributed by atoms with van der Waals surface area (Å²) in [6, 6.07) is 9.19. The van der Waals surface area contributed by atoms with Crippen molar-refractivity contribution in [1.29, 1.82) is 0 Å². The third-order valence-electron chi connectivity index (χ3n) is 4.10. The maximum absolute atomic E-state index is 5.88. The van der Waals surface area contributed by atoms with Gasteiger partial charge in [-0.25, -0.2) is 4.98 Å². The van der Waals surface area contributed by atoms with Crippen LogP contribution < -0.4 is 10.6 Å². The van der Waals surface area contributed by atoms with Gasteiger partial charge in [-0.3, -0.25) is 0 Å². The minimum Gasteiger partial charge on any atom is -0.368 e. The molecule has 1 aromatic heterocycles. The van der Waals surface area contributed by atoms with Gasteiger partial charge in [0.15, 0.2) is 0 Å². The molecule has 0 spiro atoms. The standard InChI is InChI=1S/C15H20N4/c1-3-11-9-8-10(2)19(11)14-12-6-4-5-7-13(12)17-15(16)18-14/h4-7,10-11H,3,8-9H2,1-2H3,(H2,16,17,18). The van der Waals surface area contributed by atoms with Crippen molar-refractivity contribution in [2.24, 2.45) is 0 Å². The second-order valence-corrected chi connectivity index (χ2v) is 5.32. The normalized spacial score (nSPS) is 23.2. The number of nitrogens with zero attached hydrogens (tertiary/aromatic N) is 3. The van der Waals surface area contributed by atoms with Crippen LogP contribution in [0.25, 0.3) is 10.9 Å². The average Bonchev–Trinajstić information content (AvgIpc) is 2.78. The van der Waals surface area contributed by atoms with Crippen molar-refractivity contribution in [3.63, 3.8) is 0 Å². The van der Waals surface area contributed by atoms with Crippen LogP contribution in [0.3, 0.4) is 0 Å². The second-order valence-electron chi connectivity index (χ2n) is 5.32.